The van der Waals surface area contributed by atoms with Crippen LogP contribution in [-0.4, -0.2) is 41.3 Å². The molecule has 1 aliphatic heterocycles. The van der Waals surface area contributed by atoms with Gasteiger partial charge in [0.25, 0.3) is 0 Å². The minimum atomic E-state index is -3.63. The molecule has 1 unspecified atom stereocenters. The lowest BCUT2D eigenvalue weighted by Gasteiger charge is -2.32. The molecule has 1 atom stereocenters. The van der Waals surface area contributed by atoms with Gasteiger partial charge < -0.3 is 9.88 Å². The van der Waals surface area contributed by atoms with Crippen molar-refractivity contribution in [2.45, 2.75) is 37.6 Å². The van der Waals surface area contributed by atoms with E-state index in [9.17, 15) is 17.6 Å². The van der Waals surface area contributed by atoms with Crippen molar-refractivity contribution in [1.29, 1.82) is 0 Å². The number of nitrogens with zero attached hydrogens (tertiary/aromatic N) is 3. The number of aromatic nitrogens is 2. The maximum absolute atomic E-state index is 14.6. The summed E-state index contributed by atoms with van der Waals surface area (Å²) in [5, 5.41) is 2.96. The van der Waals surface area contributed by atoms with Crippen LogP contribution >= 0.6 is 0 Å². The van der Waals surface area contributed by atoms with E-state index in [2.05, 4.69) is 10.3 Å². The van der Waals surface area contributed by atoms with E-state index in [0.717, 1.165) is 5.56 Å². The molecule has 2 aromatic carbocycles. The fraction of sp³-hybridized carbons (Fsp3) is 0.360. The minimum Gasteiger partial charge on any atom is -0.342 e. The van der Waals surface area contributed by atoms with E-state index in [1.54, 1.807) is 61.3 Å². The first-order chi connectivity index (χ1) is 16.2. The van der Waals surface area contributed by atoms with Crippen molar-refractivity contribution in [2.24, 2.45) is 13.0 Å². The lowest BCUT2D eigenvalue weighted by molar-refractivity contribution is -0.126. The fourth-order valence-corrected chi connectivity index (χ4v) is 6.17. The molecule has 0 saturated carbocycles. The van der Waals surface area contributed by atoms with Crippen LogP contribution < -0.4 is 5.32 Å². The molecule has 1 saturated heterocycles. The van der Waals surface area contributed by atoms with E-state index in [1.165, 1.54) is 10.4 Å². The molecule has 1 aromatic heterocycles. The van der Waals surface area contributed by atoms with Crippen molar-refractivity contribution in [3.63, 3.8) is 0 Å². The van der Waals surface area contributed by atoms with E-state index in [4.69, 9.17) is 0 Å². The number of rotatable bonds is 6. The highest BCUT2D eigenvalue weighted by Crippen LogP contribution is 2.28. The summed E-state index contributed by atoms with van der Waals surface area (Å²) in [5.41, 5.74) is 2.05. The first-order valence-corrected chi connectivity index (χ1v) is 12.7. The first-order valence-electron chi connectivity index (χ1n) is 11.3. The lowest BCUT2D eigenvalue weighted by atomic mass is 9.96. The third-order valence-electron chi connectivity index (χ3n) is 6.39. The molecule has 34 heavy (non-hydrogen) atoms. The third-order valence-corrected chi connectivity index (χ3v) is 8.45. The molecule has 7 nitrogen and oxygen atoms in total. The highest BCUT2D eigenvalue weighted by atomic mass is 32.2. The van der Waals surface area contributed by atoms with E-state index >= 15 is 0 Å². The lowest BCUT2D eigenvalue weighted by Crippen LogP contribution is -2.44. The van der Waals surface area contributed by atoms with Crippen molar-refractivity contribution < 1.29 is 17.6 Å². The number of benzene rings is 2. The second-order valence-electron chi connectivity index (χ2n) is 8.81. The molecule has 1 aliphatic rings. The van der Waals surface area contributed by atoms with Gasteiger partial charge in [0.2, 0.25) is 15.9 Å². The Morgan fingerprint density at radius 2 is 1.85 bits per heavy atom. The van der Waals surface area contributed by atoms with Gasteiger partial charge in [-0.3, -0.25) is 4.79 Å². The number of carbonyl (C=O) groups excluding carboxylic acids is 1. The van der Waals surface area contributed by atoms with Crippen LogP contribution in [0, 0.1) is 25.6 Å². The molecule has 9 heteroatoms. The quantitative estimate of drug-likeness (QED) is 0.581. The molecule has 180 valence electrons. The molecule has 1 amide bonds. The summed E-state index contributed by atoms with van der Waals surface area (Å²) in [7, 11) is -1.84. The van der Waals surface area contributed by atoms with Crippen LogP contribution in [-0.2, 0) is 21.9 Å². The molecule has 1 fully saturated rings. The zero-order chi connectivity index (χ0) is 24.5. The Kier molecular flexibility index (Phi) is 6.86. The van der Waals surface area contributed by atoms with E-state index < -0.39 is 21.9 Å². The van der Waals surface area contributed by atoms with Gasteiger partial charge in [0.15, 0.2) is 0 Å². The average Bonchev–Trinajstić information content (AvgIpc) is 3.23. The van der Waals surface area contributed by atoms with Crippen LogP contribution in [0.25, 0.3) is 0 Å². The summed E-state index contributed by atoms with van der Waals surface area (Å²) in [6.45, 7) is 4.22. The zero-order valence-corrected chi connectivity index (χ0v) is 20.3. The van der Waals surface area contributed by atoms with E-state index in [-0.39, 0.29) is 24.9 Å². The predicted molar refractivity (Wildman–Crippen MR) is 127 cm³/mol. The standard InChI is InChI=1S/C25H29FN4O3S/c1-17-8-9-22(18(2)16-17)34(32,33)30-13-10-19(11-14-30)25(31)28-23(24-27-12-15-29(24)3)20-6-4-5-7-21(20)26/h4-9,12,15-16,19,23H,10-11,13-14H2,1-3H3,(H,28,31). The number of aryl methyl sites for hydroxylation is 3. The molecule has 0 aliphatic carbocycles. The molecule has 1 N–H and O–H groups in total. The average molecular weight is 485 g/mol. The van der Waals surface area contributed by atoms with Crippen molar-refractivity contribution in [3.8, 4) is 0 Å². The topological polar surface area (TPSA) is 84.3 Å². The second-order valence-corrected chi connectivity index (χ2v) is 10.7. The minimum absolute atomic E-state index is 0.236. The smallest absolute Gasteiger partial charge is 0.243 e. The molecule has 0 spiro atoms. The highest BCUT2D eigenvalue weighted by molar-refractivity contribution is 7.89. The Hall–Kier alpha value is -3.04. The largest absolute Gasteiger partial charge is 0.342 e. The van der Waals surface area contributed by atoms with Crippen molar-refractivity contribution in [2.75, 3.05) is 13.1 Å². The van der Waals surface area contributed by atoms with Crippen molar-refractivity contribution in [3.05, 3.63) is 83.2 Å². The number of hydrogen-bond donors (Lipinski definition) is 1. The van der Waals surface area contributed by atoms with Crippen LogP contribution in [0.3, 0.4) is 0 Å². The van der Waals surface area contributed by atoms with Crippen molar-refractivity contribution >= 4 is 15.9 Å². The summed E-state index contributed by atoms with van der Waals surface area (Å²) < 4.78 is 44.1. The molecular formula is C25H29FN4O3S. The van der Waals surface area contributed by atoms with Gasteiger partial charge in [-0.25, -0.2) is 17.8 Å². The van der Waals surface area contributed by atoms with Crippen LogP contribution in [0.2, 0.25) is 0 Å². The summed E-state index contributed by atoms with van der Waals surface area (Å²) in [6, 6.07) is 10.9. The molecule has 0 bridgehead atoms. The van der Waals surface area contributed by atoms with E-state index in [0.29, 0.717) is 34.7 Å². The zero-order valence-electron chi connectivity index (χ0n) is 19.5. The number of amides is 1. The predicted octanol–water partition coefficient (Wildman–Crippen LogP) is 3.48. The number of piperidine rings is 1. The number of nitrogens with one attached hydrogen (secondary N) is 1. The Labute approximate surface area is 199 Å². The van der Waals surface area contributed by atoms with Gasteiger partial charge in [0.1, 0.15) is 17.7 Å². The van der Waals surface area contributed by atoms with Gasteiger partial charge in [0.05, 0.1) is 4.90 Å². The Bertz CT molecular complexity index is 1300. The van der Waals surface area contributed by atoms with Crippen LogP contribution in [0.1, 0.15) is 41.4 Å². The molecular weight excluding hydrogens is 455 g/mol. The van der Waals surface area contributed by atoms with E-state index in [1.807, 2.05) is 13.0 Å². The monoisotopic (exact) mass is 484 g/mol. The number of imidazole rings is 1. The van der Waals surface area contributed by atoms with Crippen LogP contribution in [0.5, 0.6) is 0 Å². The van der Waals surface area contributed by atoms with Gasteiger partial charge in [0, 0.05) is 44.0 Å². The van der Waals surface area contributed by atoms with Gasteiger partial charge in [-0.05, 0) is 44.4 Å². The molecule has 3 aromatic rings. The van der Waals surface area contributed by atoms with Crippen LogP contribution in [0.15, 0.2) is 59.8 Å². The SMILES string of the molecule is Cc1ccc(S(=O)(=O)N2CCC(C(=O)NC(c3ccccc3F)c3nccn3C)CC2)c(C)c1. The van der Waals surface area contributed by atoms with Gasteiger partial charge >= 0.3 is 0 Å². The summed E-state index contributed by atoms with van der Waals surface area (Å²) in [4.78, 5) is 17.8. The Balaban J connectivity index is 1.48. The summed E-state index contributed by atoms with van der Waals surface area (Å²) >= 11 is 0. The summed E-state index contributed by atoms with van der Waals surface area (Å²) in [6.07, 6.45) is 4.12. The highest BCUT2D eigenvalue weighted by Gasteiger charge is 2.34. The third kappa shape index (κ3) is 4.76. The normalized spacial score (nSPS) is 16.4. The van der Waals surface area contributed by atoms with Crippen molar-refractivity contribution in [1.82, 2.24) is 19.2 Å². The summed E-state index contributed by atoms with van der Waals surface area (Å²) in [5.74, 6) is -0.515. The van der Waals surface area contributed by atoms with Gasteiger partial charge in [-0.2, -0.15) is 4.31 Å². The Morgan fingerprint density at radius 1 is 1.15 bits per heavy atom. The Morgan fingerprint density at radius 3 is 2.47 bits per heavy atom. The molecule has 4 rings (SSSR count). The number of halogens is 1. The number of sulfonamides is 1. The number of carbonyl (C=O) groups is 1. The maximum atomic E-state index is 14.6. The molecule has 0 radical (unpaired) electrons. The first kappa shape index (κ1) is 24.1. The van der Waals surface area contributed by atoms with Crippen LogP contribution in [0.4, 0.5) is 4.39 Å². The maximum Gasteiger partial charge on any atom is 0.243 e. The second kappa shape index (κ2) is 9.68. The molecule has 2 heterocycles. The number of hydrogen-bond acceptors (Lipinski definition) is 4. The van der Waals surface area contributed by atoms with Gasteiger partial charge in [-0.15, -0.1) is 0 Å². The van der Waals surface area contributed by atoms with Gasteiger partial charge in [-0.1, -0.05) is 35.9 Å². The fourth-order valence-electron chi connectivity index (χ4n) is 4.49.